The van der Waals surface area contributed by atoms with E-state index >= 15 is 0 Å². The number of halogens is 3. The molecule has 1 N–H and O–H groups in total. The molecule has 0 radical (unpaired) electrons. The first-order chi connectivity index (χ1) is 11.5. The molecule has 2 rings (SSSR count). The van der Waals surface area contributed by atoms with Crippen molar-refractivity contribution in [3.63, 3.8) is 0 Å². The van der Waals surface area contributed by atoms with Crippen molar-refractivity contribution in [2.75, 3.05) is 11.1 Å². The Morgan fingerprint density at radius 1 is 1.12 bits per heavy atom. The van der Waals surface area contributed by atoms with Crippen LogP contribution in [-0.4, -0.2) is 25.1 Å². The molecule has 9 heteroatoms. The zero-order valence-corrected chi connectivity index (χ0v) is 14.2. The van der Waals surface area contributed by atoms with E-state index in [1.807, 2.05) is 0 Å². The van der Waals surface area contributed by atoms with Crippen molar-refractivity contribution >= 4 is 21.4 Å². The molecule has 0 fully saturated rings. The summed E-state index contributed by atoms with van der Waals surface area (Å²) in [5, 5.41) is 2.50. The second-order valence-corrected chi connectivity index (χ2v) is 7.49. The van der Waals surface area contributed by atoms with Gasteiger partial charge in [-0.3, -0.25) is 4.79 Å². The monoisotopic (exact) mass is 372 g/mol. The van der Waals surface area contributed by atoms with Crippen molar-refractivity contribution in [1.29, 1.82) is 0 Å². The van der Waals surface area contributed by atoms with Crippen molar-refractivity contribution in [3.05, 3.63) is 53.3 Å². The standard InChI is InChI=1S/C16H15F3N2O3S/c1-3-25(23,24)12-6-4-11(5-7-12)21-15(22)13-8-9-14(16(17,18)19)20-10(13)2/h4-9H,3H2,1-2H3,(H,21,22). The number of benzene rings is 1. The molecule has 134 valence electrons. The molecule has 1 aromatic heterocycles. The third-order valence-electron chi connectivity index (χ3n) is 3.47. The summed E-state index contributed by atoms with van der Waals surface area (Å²) in [7, 11) is -3.35. The van der Waals surface area contributed by atoms with E-state index in [4.69, 9.17) is 0 Å². The summed E-state index contributed by atoms with van der Waals surface area (Å²) in [5.41, 5.74) is -0.814. The minimum atomic E-state index is -4.58. The molecule has 1 heterocycles. The molecule has 0 bridgehead atoms. The molecule has 0 saturated carbocycles. The molecular weight excluding hydrogens is 357 g/mol. The fraction of sp³-hybridized carbons (Fsp3) is 0.250. The van der Waals surface area contributed by atoms with Gasteiger partial charge in [-0.15, -0.1) is 0 Å². The summed E-state index contributed by atoms with van der Waals surface area (Å²) < 4.78 is 61.2. The lowest BCUT2D eigenvalue weighted by Gasteiger charge is -2.11. The van der Waals surface area contributed by atoms with Gasteiger partial charge < -0.3 is 5.32 Å². The van der Waals surface area contributed by atoms with E-state index in [0.29, 0.717) is 5.69 Å². The third kappa shape index (κ3) is 4.36. The lowest BCUT2D eigenvalue weighted by molar-refractivity contribution is -0.141. The highest BCUT2D eigenvalue weighted by molar-refractivity contribution is 7.91. The summed E-state index contributed by atoms with van der Waals surface area (Å²) in [6, 6.07) is 7.31. The second kappa shape index (κ2) is 6.83. The van der Waals surface area contributed by atoms with E-state index in [2.05, 4.69) is 10.3 Å². The number of carbonyl (C=O) groups is 1. The largest absolute Gasteiger partial charge is 0.433 e. The van der Waals surface area contributed by atoms with Crippen LogP contribution in [-0.2, 0) is 16.0 Å². The molecule has 5 nitrogen and oxygen atoms in total. The number of alkyl halides is 3. The van der Waals surface area contributed by atoms with Gasteiger partial charge in [0.2, 0.25) is 0 Å². The van der Waals surface area contributed by atoms with Crippen LogP contribution < -0.4 is 5.32 Å². The van der Waals surface area contributed by atoms with E-state index in [0.717, 1.165) is 12.1 Å². The first kappa shape index (κ1) is 18.9. The fourth-order valence-electron chi connectivity index (χ4n) is 2.07. The van der Waals surface area contributed by atoms with Crippen LogP contribution in [0.2, 0.25) is 0 Å². The first-order valence-corrected chi connectivity index (χ1v) is 8.89. The summed E-state index contributed by atoms with van der Waals surface area (Å²) >= 11 is 0. The van der Waals surface area contributed by atoms with Gasteiger partial charge in [-0.05, 0) is 43.3 Å². The number of sulfone groups is 1. The highest BCUT2D eigenvalue weighted by Crippen LogP contribution is 2.28. The molecule has 1 amide bonds. The van der Waals surface area contributed by atoms with Gasteiger partial charge in [-0.2, -0.15) is 13.2 Å². The SMILES string of the molecule is CCS(=O)(=O)c1ccc(NC(=O)c2ccc(C(F)(F)F)nc2C)cc1. The maximum absolute atomic E-state index is 12.6. The van der Waals surface area contributed by atoms with Gasteiger partial charge in [-0.25, -0.2) is 13.4 Å². The normalized spacial score (nSPS) is 12.0. The highest BCUT2D eigenvalue weighted by Gasteiger charge is 2.33. The van der Waals surface area contributed by atoms with Crippen LogP contribution in [0, 0.1) is 6.92 Å². The Labute approximate surface area is 142 Å². The minimum absolute atomic E-state index is 0.00161. The van der Waals surface area contributed by atoms with Gasteiger partial charge in [0.25, 0.3) is 5.91 Å². The molecule has 2 aromatic rings. The van der Waals surface area contributed by atoms with Gasteiger partial charge in [0.05, 0.1) is 21.9 Å². The quantitative estimate of drug-likeness (QED) is 0.892. The Morgan fingerprint density at radius 2 is 1.72 bits per heavy atom. The predicted molar refractivity (Wildman–Crippen MR) is 86.1 cm³/mol. The van der Waals surface area contributed by atoms with Crippen LogP contribution in [0.4, 0.5) is 18.9 Å². The maximum atomic E-state index is 12.6. The molecular formula is C16H15F3N2O3S. The van der Waals surface area contributed by atoms with Crippen molar-refractivity contribution in [2.24, 2.45) is 0 Å². The Balaban J connectivity index is 2.20. The number of nitrogens with one attached hydrogen (secondary N) is 1. The second-order valence-electron chi connectivity index (χ2n) is 5.21. The predicted octanol–water partition coefficient (Wildman–Crippen LogP) is 3.45. The molecule has 1 aromatic carbocycles. The van der Waals surface area contributed by atoms with Crippen LogP contribution >= 0.6 is 0 Å². The smallest absolute Gasteiger partial charge is 0.322 e. The summed E-state index contributed by atoms with van der Waals surface area (Å²) in [5.74, 6) is -0.681. The molecule has 0 atom stereocenters. The number of rotatable bonds is 4. The lowest BCUT2D eigenvalue weighted by Crippen LogP contribution is -2.16. The van der Waals surface area contributed by atoms with Crippen molar-refractivity contribution in [2.45, 2.75) is 24.9 Å². The van der Waals surface area contributed by atoms with Crippen LogP contribution in [0.1, 0.15) is 28.7 Å². The first-order valence-electron chi connectivity index (χ1n) is 7.23. The summed E-state index contributed by atoms with van der Waals surface area (Å²) in [6.07, 6.45) is -4.58. The van der Waals surface area contributed by atoms with E-state index in [-0.39, 0.29) is 21.9 Å². The summed E-state index contributed by atoms with van der Waals surface area (Å²) in [4.78, 5) is 15.7. The molecule has 25 heavy (non-hydrogen) atoms. The van der Waals surface area contributed by atoms with Gasteiger partial charge in [0.15, 0.2) is 9.84 Å². The zero-order valence-electron chi connectivity index (χ0n) is 13.4. The Morgan fingerprint density at radius 3 is 2.20 bits per heavy atom. The zero-order chi connectivity index (χ0) is 18.8. The number of anilines is 1. The number of hydrogen-bond acceptors (Lipinski definition) is 4. The molecule has 0 spiro atoms. The number of carbonyl (C=O) groups excluding carboxylic acids is 1. The average Bonchev–Trinajstić information content (AvgIpc) is 2.54. The number of aromatic nitrogens is 1. The van der Waals surface area contributed by atoms with Gasteiger partial charge in [0.1, 0.15) is 5.69 Å². The van der Waals surface area contributed by atoms with E-state index in [1.54, 1.807) is 0 Å². The number of pyridine rings is 1. The van der Waals surface area contributed by atoms with E-state index in [9.17, 15) is 26.4 Å². The Bertz CT molecular complexity index is 892. The minimum Gasteiger partial charge on any atom is -0.322 e. The van der Waals surface area contributed by atoms with Crippen molar-refractivity contribution in [3.8, 4) is 0 Å². The van der Waals surface area contributed by atoms with Crippen LogP contribution in [0.5, 0.6) is 0 Å². The lowest BCUT2D eigenvalue weighted by atomic mass is 10.1. The van der Waals surface area contributed by atoms with Crippen LogP contribution in [0.25, 0.3) is 0 Å². The fourth-order valence-corrected chi connectivity index (χ4v) is 2.95. The molecule has 0 aliphatic rings. The maximum Gasteiger partial charge on any atom is 0.433 e. The van der Waals surface area contributed by atoms with E-state index < -0.39 is 27.6 Å². The van der Waals surface area contributed by atoms with Crippen LogP contribution in [0.3, 0.4) is 0 Å². The molecule has 0 saturated heterocycles. The molecule has 0 aliphatic carbocycles. The average molecular weight is 372 g/mol. The number of aryl methyl sites for hydroxylation is 1. The van der Waals surface area contributed by atoms with Crippen LogP contribution in [0.15, 0.2) is 41.3 Å². The van der Waals surface area contributed by atoms with Gasteiger partial charge in [-0.1, -0.05) is 6.92 Å². The van der Waals surface area contributed by atoms with E-state index in [1.165, 1.54) is 38.1 Å². The number of amides is 1. The number of nitrogens with zero attached hydrogens (tertiary/aromatic N) is 1. The Kier molecular flexibility index (Phi) is 5.17. The number of hydrogen-bond donors (Lipinski definition) is 1. The molecule has 0 unspecified atom stereocenters. The van der Waals surface area contributed by atoms with Gasteiger partial charge >= 0.3 is 6.18 Å². The van der Waals surface area contributed by atoms with Gasteiger partial charge in [0, 0.05) is 5.69 Å². The highest BCUT2D eigenvalue weighted by atomic mass is 32.2. The third-order valence-corrected chi connectivity index (χ3v) is 5.22. The summed E-state index contributed by atoms with van der Waals surface area (Å²) in [6.45, 7) is 2.83. The Hall–Kier alpha value is -2.42. The topological polar surface area (TPSA) is 76.1 Å². The van der Waals surface area contributed by atoms with Crippen molar-refractivity contribution in [1.82, 2.24) is 4.98 Å². The molecule has 0 aliphatic heterocycles. The van der Waals surface area contributed by atoms with Crippen molar-refractivity contribution < 1.29 is 26.4 Å².